The first-order chi connectivity index (χ1) is 9.11. The van der Waals surface area contributed by atoms with Crippen LogP contribution in [0.25, 0.3) is 0 Å². The summed E-state index contributed by atoms with van der Waals surface area (Å²) in [5.74, 6) is 0. The van der Waals surface area contributed by atoms with Crippen LogP contribution in [0.15, 0.2) is 42.5 Å². The summed E-state index contributed by atoms with van der Waals surface area (Å²) in [5.41, 5.74) is 2.47. The first-order valence-corrected chi connectivity index (χ1v) is 6.51. The Bertz CT molecular complexity index is 612. The van der Waals surface area contributed by atoms with Crippen molar-refractivity contribution in [2.24, 2.45) is 0 Å². The summed E-state index contributed by atoms with van der Waals surface area (Å²) < 4.78 is 0. The average Bonchev–Trinajstić information content (AvgIpc) is 2.43. The fourth-order valence-electron chi connectivity index (χ4n) is 1.82. The molecule has 0 aromatic heterocycles. The van der Waals surface area contributed by atoms with Gasteiger partial charge in [0.2, 0.25) is 0 Å². The molecule has 0 unspecified atom stereocenters. The zero-order valence-corrected chi connectivity index (χ0v) is 11.9. The van der Waals surface area contributed by atoms with Gasteiger partial charge in [0, 0.05) is 34.9 Å². The molecule has 2 aromatic rings. The van der Waals surface area contributed by atoms with Gasteiger partial charge in [0.25, 0.3) is 0 Å². The second-order valence-electron chi connectivity index (χ2n) is 4.22. The zero-order chi connectivity index (χ0) is 13.8. The molecule has 0 fully saturated rings. The van der Waals surface area contributed by atoms with Crippen LogP contribution in [0.4, 0.5) is 5.69 Å². The Morgan fingerprint density at radius 1 is 1.11 bits per heavy atom. The van der Waals surface area contributed by atoms with E-state index in [9.17, 15) is 0 Å². The van der Waals surface area contributed by atoms with Crippen molar-refractivity contribution in [2.45, 2.75) is 6.54 Å². The number of benzene rings is 2. The Balaban J connectivity index is 2.26. The fourth-order valence-corrected chi connectivity index (χ4v) is 2.34. The lowest BCUT2D eigenvalue weighted by Crippen LogP contribution is -2.17. The number of rotatable bonds is 3. The number of hydrogen-bond donors (Lipinski definition) is 0. The van der Waals surface area contributed by atoms with Crippen LogP contribution in [0.1, 0.15) is 11.1 Å². The number of nitrogens with zero attached hydrogens (tertiary/aromatic N) is 2. The lowest BCUT2D eigenvalue weighted by molar-refractivity contribution is 0.923. The summed E-state index contributed by atoms with van der Waals surface area (Å²) in [6.45, 7) is 0.591. The second kappa shape index (κ2) is 5.97. The molecule has 0 amide bonds. The molecule has 0 saturated heterocycles. The molecule has 2 rings (SSSR count). The number of hydrogen-bond acceptors (Lipinski definition) is 2. The van der Waals surface area contributed by atoms with E-state index in [1.807, 2.05) is 48.3 Å². The number of anilines is 1. The van der Waals surface area contributed by atoms with E-state index in [2.05, 4.69) is 6.07 Å². The molecule has 96 valence electrons. The van der Waals surface area contributed by atoms with E-state index in [0.717, 1.165) is 11.3 Å². The van der Waals surface area contributed by atoms with Gasteiger partial charge in [-0.2, -0.15) is 5.26 Å². The summed E-state index contributed by atoms with van der Waals surface area (Å²) in [6, 6.07) is 15.0. The van der Waals surface area contributed by atoms with Crippen LogP contribution >= 0.6 is 23.2 Å². The van der Waals surface area contributed by atoms with Crippen LogP contribution in [-0.4, -0.2) is 7.05 Å². The molecule has 2 aromatic carbocycles. The predicted molar refractivity (Wildman–Crippen MR) is 79.7 cm³/mol. The van der Waals surface area contributed by atoms with E-state index in [4.69, 9.17) is 28.5 Å². The third-order valence-electron chi connectivity index (χ3n) is 2.87. The molecule has 0 saturated carbocycles. The molecule has 4 heteroatoms. The summed E-state index contributed by atoms with van der Waals surface area (Å²) in [5, 5.41) is 10.2. The molecule has 0 atom stereocenters. The van der Waals surface area contributed by atoms with Crippen molar-refractivity contribution < 1.29 is 0 Å². The standard InChI is InChI=1S/C15H12Cl2N2/c1-19(12-5-2-4-11(8-12)9-18)10-13-14(16)6-3-7-15(13)17/h2-8H,10H2,1H3. The van der Waals surface area contributed by atoms with Crippen molar-refractivity contribution in [2.75, 3.05) is 11.9 Å². The van der Waals surface area contributed by atoms with Gasteiger partial charge >= 0.3 is 0 Å². The summed E-state index contributed by atoms with van der Waals surface area (Å²) in [4.78, 5) is 2.01. The van der Waals surface area contributed by atoms with Crippen LogP contribution in [0, 0.1) is 11.3 Å². The molecule has 19 heavy (non-hydrogen) atoms. The molecule has 2 nitrogen and oxygen atoms in total. The molecule has 0 N–H and O–H groups in total. The summed E-state index contributed by atoms with van der Waals surface area (Å²) in [7, 11) is 1.94. The van der Waals surface area contributed by atoms with E-state index >= 15 is 0 Å². The molecule has 0 bridgehead atoms. The SMILES string of the molecule is CN(Cc1c(Cl)cccc1Cl)c1cccc(C#N)c1. The number of nitriles is 1. The fraction of sp³-hybridized carbons (Fsp3) is 0.133. The Morgan fingerprint density at radius 3 is 2.37 bits per heavy atom. The predicted octanol–water partition coefficient (Wildman–Crippen LogP) is 4.50. The summed E-state index contributed by atoms with van der Waals surface area (Å²) in [6.07, 6.45) is 0. The normalized spacial score (nSPS) is 10.0. The Kier molecular flexibility index (Phi) is 4.31. The van der Waals surface area contributed by atoms with E-state index in [-0.39, 0.29) is 0 Å². The maximum atomic E-state index is 8.91. The van der Waals surface area contributed by atoms with Crippen LogP contribution in [-0.2, 0) is 6.54 Å². The minimum Gasteiger partial charge on any atom is -0.370 e. The average molecular weight is 291 g/mol. The summed E-state index contributed by atoms with van der Waals surface area (Å²) >= 11 is 12.3. The molecular weight excluding hydrogens is 279 g/mol. The van der Waals surface area contributed by atoms with Crippen molar-refractivity contribution in [3.05, 3.63) is 63.6 Å². The molecule has 0 heterocycles. The zero-order valence-electron chi connectivity index (χ0n) is 10.4. The number of halogens is 2. The highest BCUT2D eigenvalue weighted by molar-refractivity contribution is 6.36. The largest absolute Gasteiger partial charge is 0.370 e. The third kappa shape index (κ3) is 3.20. The maximum Gasteiger partial charge on any atom is 0.0992 e. The van der Waals surface area contributed by atoms with Crippen LogP contribution in [0.5, 0.6) is 0 Å². The van der Waals surface area contributed by atoms with Gasteiger partial charge in [-0.15, -0.1) is 0 Å². The van der Waals surface area contributed by atoms with Gasteiger partial charge in [-0.25, -0.2) is 0 Å². The van der Waals surface area contributed by atoms with Crippen molar-refractivity contribution in [1.29, 1.82) is 5.26 Å². The van der Waals surface area contributed by atoms with E-state index in [1.165, 1.54) is 0 Å². The van der Waals surface area contributed by atoms with Gasteiger partial charge in [-0.3, -0.25) is 0 Å². The van der Waals surface area contributed by atoms with Gasteiger partial charge in [0.05, 0.1) is 11.6 Å². The van der Waals surface area contributed by atoms with Crippen molar-refractivity contribution in [1.82, 2.24) is 0 Å². The molecule has 0 radical (unpaired) electrons. The van der Waals surface area contributed by atoms with Crippen LogP contribution in [0.3, 0.4) is 0 Å². The highest BCUT2D eigenvalue weighted by Gasteiger charge is 2.09. The monoisotopic (exact) mass is 290 g/mol. The van der Waals surface area contributed by atoms with Crippen LogP contribution < -0.4 is 4.90 Å². The Labute approximate surface area is 122 Å². The molecule has 0 aliphatic carbocycles. The quantitative estimate of drug-likeness (QED) is 0.832. The smallest absolute Gasteiger partial charge is 0.0992 e. The highest BCUT2D eigenvalue weighted by Crippen LogP contribution is 2.27. The van der Waals surface area contributed by atoms with Crippen molar-refractivity contribution >= 4 is 28.9 Å². The van der Waals surface area contributed by atoms with Gasteiger partial charge in [0.1, 0.15) is 0 Å². The topological polar surface area (TPSA) is 27.0 Å². The second-order valence-corrected chi connectivity index (χ2v) is 5.03. The Hall–Kier alpha value is -1.69. The van der Waals surface area contributed by atoms with Crippen molar-refractivity contribution in [3.8, 4) is 6.07 Å². The maximum absolute atomic E-state index is 8.91. The Morgan fingerprint density at radius 2 is 1.74 bits per heavy atom. The van der Waals surface area contributed by atoms with Gasteiger partial charge < -0.3 is 4.90 Å². The first kappa shape index (κ1) is 13.7. The molecular formula is C15H12Cl2N2. The van der Waals surface area contributed by atoms with Gasteiger partial charge in [-0.1, -0.05) is 35.3 Å². The van der Waals surface area contributed by atoms with Crippen LogP contribution in [0.2, 0.25) is 10.0 Å². The van der Waals surface area contributed by atoms with Gasteiger partial charge in [0.15, 0.2) is 0 Å². The lowest BCUT2D eigenvalue weighted by Gasteiger charge is -2.21. The van der Waals surface area contributed by atoms with Crippen molar-refractivity contribution in [3.63, 3.8) is 0 Å². The molecule has 0 aliphatic rings. The first-order valence-electron chi connectivity index (χ1n) is 5.76. The van der Waals surface area contributed by atoms with E-state index < -0.39 is 0 Å². The lowest BCUT2D eigenvalue weighted by atomic mass is 10.1. The highest BCUT2D eigenvalue weighted by atomic mass is 35.5. The van der Waals surface area contributed by atoms with Gasteiger partial charge in [-0.05, 0) is 30.3 Å². The van der Waals surface area contributed by atoms with E-state index in [1.54, 1.807) is 6.07 Å². The minimum absolute atomic E-state index is 0.591. The third-order valence-corrected chi connectivity index (χ3v) is 3.58. The minimum atomic E-state index is 0.591. The molecule has 0 spiro atoms. The van der Waals surface area contributed by atoms with E-state index in [0.29, 0.717) is 22.2 Å². The molecule has 0 aliphatic heterocycles.